The van der Waals surface area contributed by atoms with E-state index in [-0.39, 0.29) is 0 Å². The van der Waals surface area contributed by atoms with Gasteiger partial charge in [-0.3, -0.25) is 0 Å². The molecule has 122 valence electrons. The van der Waals surface area contributed by atoms with E-state index in [4.69, 9.17) is 15.2 Å². The first-order valence-electron chi connectivity index (χ1n) is 8.06. The number of hydrogen-bond donors (Lipinski definition) is 1. The van der Waals surface area contributed by atoms with Crippen molar-refractivity contribution in [3.8, 4) is 11.5 Å². The number of fused-ring (bicyclic) bond motifs is 1. The van der Waals surface area contributed by atoms with Gasteiger partial charge in [0.25, 0.3) is 0 Å². The van der Waals surface area contributed by atoms with Crippen LogP contribution in [0, 0.1) is 0 Å². The zero-order valence-corrected chi connectivity index (χ0v) is 13.8. The van der Waals surface area contributed by atoms with Crippen LogP contribution < -0.4 is 20.1 Å². The highest BCUT2D eigenvalue weighted by Crippen LogP contribution is 2.33. The highest BCUT2D eigenvalue weighted by Gasteiger charge is 2.17. The Morgan fingerprint density at radius 3 is 2.61 bits per heavy atom. The number of anilines is 2. The average Bonchev–Trinajstić information content (AvgIpc) is 2.99. The van der Waals surface area contributed by atoms with Crippen molar-refractivity contribution < 1.29 is 9.47 Å². The van der Waals surface area contributed by atoms with Gasteiger partial charge in [-0.15, -0.1) is 0 Å². The number of methoxy groups -OCH3 is 2. The van der Waals surface area contributed by atoms with Crippen molar-refractivity contribution in [2.75, 3.05) is 37.9 Å². The van der Waals surface area contributed by atoms with Gasteiger partial charge in [-0.2, -0.15) is 0 Å². The molecule has 1 heterocycles. The van der Waals surface area contributed by atoms with Crippen LogP contribution in [0.2, 0.25) is 0 Å². The number of aryl methyl sites for hydroxylation is 1. The summed E-state index contributed by atoms with van der Waals surface area (Å²) in [6.45, 7) is 2.16. The van der Waals surface area contributed by atoms with Crippen molar-refractivity contribution in [1.82, 2.24) is 0 Å². The molecule has 0 amide bonds. The lowest BCUT2D eigenvalue weighted by Gasteiger charge is -2.19. The fourth-order valence-electron chi connectivity index (χ4n) is 3.25. The highest BCUT2D eigenvalue weighted by molar-refractivity contribution is 5.59. The molecule has 0 radical (unpaired) electrons. The van der Waals surface area contributed by atoms with Crippen molar-refractivity contribution in [2.24, 2.45) is 0 Å². The molecule has 4 heteroatoms. The molecule has 2 aromatic carbocycles. The summed E-state index contributed by atoms with van der Waals surface area (Å²) < 4.78 is 10.7. The maximum atomic E-state index is 6.14. The molecule has 2 N–H and O–H groups in total. The third-order valence-corrected chi connectivity index (χ3v) is 4.50. The molecule has 2 aromatic rings. The monoisotopic (exact) mass is 312 g/mol. The first-order valence-corrected chi connectivity index (χ1v) is 8.06. The predicted molar refractivity (Wildman–Crippen MR) is 94.6 cm³/mol. The fourth-order valence-corrected chi connectivity index (χ4v) is 3.25. The summed E-state index contributed by atoms with van der Waals surface area (Å²) in [5, 5.41) is 0. The van der Waals surface area contributed by atoms with Gasteiger partial charge in [-0.05, 0) is 42.5 Å². The van der Waals surface area contributed by atoms with Gasteiger partial charge in [0.2, 0.25) is 0 Å². The molecule has 0 saturated heterocycles. The Morgan fingerprint density at radius 1 is 1.09 bits per heavy atom. The summed E-state index contributed by atoms with van der Waals surface area (Å²) in [4.78, 5) is 2.46. The SMILES string of the molecule is COc1cc(N)c(CCCN2CCc3ccccc32)cc1OC. The summed E-state index contributed by atoms with van der Waals surface area (Å²) in [6.07, 6.45) is 3.15. The van der Waals surface area contributed by atoms with Crippen molar-refractivity contribution in [3.05, 3.63) is 47.5 Å². The molecule has 23 heavy (non-hydrogen) atoms. The van der Waals surface area contributed by atoms with Crippen molar-refractivity contribution in [2.45, 2.75) is 19.3 Å². The molecular weight excluding hydrogens is 288 g/mol. The van der Waals surface area contributed by atoms with E-state index in [9.17, 15) is 0 Å². The van der Waals surface area contributed by atoms with Gasteiger partial charge in [-0.1, -0.05) is 18.2 Å². The molecule has 0 aromatic heterocycles. The van der Waals surface area contributed by atoms with E-state index in [1.54, 1.807) is 14.2 Å². The van der Waals surface area contributed by atoms with Gasteiger partial charge in [0, 0.05) is 30.5 Å². The van der Waals surface area contributed by atoms with E-state index in [0.29, 0.717) is 5.75 Å². The van der Waals surface area contributed by atoms with Gasteiger partial charge in [-0.25, -0.2) is 0 Å². The molecular formula is C19H24N2O2. The molecule has 0 atom stereocenters. The highest BCUT2D eigenvalue weighted by atomic mass is 16.5. The van der Waals surface area contributed by atoms with Crippen LogP contribution in [-0.2, 0) is 12.8 Å². The first kappa shape index (κ1) is 15.5. The summed E-state index contributed by atoms with van der Waals surface area (Å²) in [5.41, 5.74) is 10.9. The second-order valence-electron chi connectivity index (χ2n) is 5.88. The smallest absolute Gasteiger partial charge is 0.162 e. The Labute approximate surface area is 137 Å². The van der Waals surface area contributed by atoms with Crippen molar-refractivity contribution in [1.29, 1.82) is 0 Å². The molecule has 4 nitrogen and oxygen atoms in total. The quantitative estimate of drug-likeness (QED) is 0.832. The zero-order valence-electron chi connectivity index (χ0n) is 13.8. The first-order chi connectivity index (χ1) is 11.2. The fraction of sp³-hybridized carbons (Fsp3) is 0.368. The second kappa shape index (κ2) is 6.82. The standard InChI is InChI=1S/C19H24N2O2/c1-22-18-12-15(16(20)13-19(18)23-2)7-5-10-21-11-9-14-6-3-4-8-17(14)21/h3-4,6,8,12-13H,5,7,9-11,20H2,1-2H3. The average molecular weight is 312 g/mol. The van der Waals surface area contributed by atoms with Gasteiger partial charge in [0.1, 0.15) is 0 Å². The van der Waals surface area contributed by atoms with Crippen LogP contribution in [0.25, 0.3) is 0 Å². The number of nitrogens with zero attached hydrogens (tertiary/aromatic N) is 1. The summed E-state index contributed by atoms with van der Waals surface area (Å²) in [7, 11) is 3.28. The van der Waals surface area contributed by atoms with Crippen LogP contribution in [0.1, 0.15) is 17.5 Å². The summed E-state index contributed by atoms with van der Waals surface area (Å²) in [5.74, 6) is 1.42. The van der Waals surface area contributed by atoms with E-state index in [1.165, 1.54) is 11.3 Å². The Bertz CT molecular complexity index is 685. The summed E-state index contributed by atoms with van der Waals surface area (Å²) in [6, 6.07) is 12.5. The van der Waals surface area contributed by atoms with E-state index >= 15 is 0 Å². The van der Waals surface area contributed by atoms with Crippen molar-refractivity contribution >= 4 is 11.4 Å². The van der Waals surface area contributed by atoms with Crippen LogP contribution in [0.4, 0.5) is 11.4 Å². The van der Waals surface area contributed by atoms with Crippen LogP contribution in [-0.4, -0.2) is 27.3 Å². The van der Waals surface area contributed by atoms with Gasteiger partial charge < -0.3 is 20.1 Å². The molecule has 1 aliphatic rings. The van der Waals surface area contributed by atoms with Gasteiger partial charge in [0.05, 0.1) is 14.2 Å². The Kier molecular flexibility index (Phi) is 4.60. The van der Waals surface area contributed by atoms with Crippen LogP contribution in [0.15, 0.2) is 36.4 Å². The van der Waals surface area contributed by atoms with Gasteiger partial charge >= 0.3 is 0 Å². The van der Waals surface area contributed by atoms with E-state index < -0.39 is 0 Å². The predicted octanol–water partition coefficient (Wildman–Crippen LogP) is 3.28. The molecule has 0 unspecified atom stereocenters. The van der Waals surface area contributed by atoms with Gasteiger partial charge in [0.15, 0.2) is 11.5 Å². The number of ether oxygens (including phenoxy) is 2. The lowest BCUT2D eigenvalue weighted by atomic mass is 10.1. The number of nitrogens with two attached hydrogens (primary N) is 1. The number of hydrogen-bond acceptors (Lipinski definition) is 4. The zero-order chi connectivity index (χ0) is 16.2. The normalized spacial score (nSPS) is 13.0. The molecule has 0 saturated carbocycles. The maximum absolute atomic E-state index is 6.14. The topological polar surface area (TPSA) is 47.7 Å². The van der Waals surface area contributed by atoms with E-state index in [0.717, 1.165) is 49.4 Å². The van der Waals surface area contributed by atoms with E-state index in [2.05, 4.69) is 29.2 Å². The minimum atomic E-state index is 0.683. The molecule has 0 spiro atoms. The minimum Gasteiger partial charge on any atom is -0.493 e. The third-order valence-electron chi connectivity index (χ3n) is 4.50. The number of benzene rings is 2. The number of rotatable bonds is 6. The molecule has 3 rings (SSSR count). The Morgan fingerprint density at radius 2 is 1.83 bits per heavy atom. The summed E-state index contributed by atoms with van der Waals surface area (Å²) >= 11 is 0. The van der Waals surface area contributed by atoms with Crippen LogP contribution in [0.3, 0.4) is 0 Å². The van der Waals surface area contributed by atoms with Crippen molar-refractivity contribution in [3.63, 3.8) is 0 Å². The number of para-hydroxylation sites is 1. The van der Waals surface area contributed by atoms with Crippen LogP contribution >= 0.6 is 0 Å². The Balaban J connectivity index is 1.63. The maximum Gasteiger partial charge on any atom is 0.162 e. The van der Waals surface area contributed by atoms with Crippen LogP contribution in [0.5, 0.6) is 11.5 Å². The molecule has 0 bridgehead atoms. The lowest BCUT2D eigenvalue weighted by Crippen LogP contribution is -2.22. The second-order valence-corrected chi connectivity index (χ2v) is 5.88. The third kappa shape index (κ3) is 3.21. The molecule has 1 aliphatic heterocycles. The number of nitrogen functional groups attached to an aromatic ring is 1. The molecule has 0 fully saturated rings. The lowest BCUT2D eigenvalue weighted by molar-refractivity contribution is 0.354. The largest absolute Gasteiger partial charge is 0.493 e. The minimum absolute atomic E-state index is 0.683. The van der Waals surface area contributed by atoms with E-state index in [1.807, 2.05) is 12.1 Å². The Hall–Kier alpha value is -2.36. The molecule has 0 aliphatic carbocycles.